The average molecular weight is 343 g/mol. The van der Waals surface area contributed by atoms with Crippen molar-refractivity contribution < 1.29 is 9.59 Å². The molecule has 1 saturated carbocycles. The van der Waals surface area contributed by atoms with E-state index in [9.17, 15) is 9.59 Å². The fourth-order valence-electron chi connectivity index (χ4n) is 3.39. The molecule has 1 aromatic carbocycles. The van der Waals surface area contributed by atoms with Gasteiger partial charge in [-0.05, 0) is 62.8 Å². The number of benzene rings is 1. The van der Waals surface area contributed by atoms with E-state index in [-0.39, 0.29) is 11.8 Å². The van der Waals surface area contributed by atoms with Crippen molar-refractivity contribution in [2.24, 2.45) is 5.41 Å². The van der Waals surface area contributed by atoms with Crippen molar-refractivity contribution in [3.8, 4) is 0 Å². The molecule has 1 aromatic rings. The SMILES string of the molecule is CCCCNC(=O)C1(C(=O)Nc2ccc(N3CCCCC3)cc2)CC1. The highest BCUT2D eigenvalue weighted by atomic mass is 16.2. The van der Waals surface area contributed by atoms with Crippen LogP contribution in [0.1, 0.15) is 51.9 Å². The molecule has 2 N–H and O–H groups in total. The Hall–Kier alpha value is -2.04. The zero-order valence-corrected chi connectivity index (χ0v) is 15.1. The Kier molecular flexibility index (Phi) is 5.61. The van der Waals surface area contributed by atoms with Crippen LogP contribution in [0.4, 0.5) is 11.4 Å². The maximum Gasteiger partial charge on any atom is 0.240 e. The molecule has 5 heteroatoms. The zero-order valence-electron chi connectivity index (χ0n) is 15.1. The standard InChI is InChI=1S/C20H29N3O2/c1-2-3-13-21-18(24)20(11-12-20)19(25)22-16-7-9-17(10-8-16)23-14-5-4-6-15-23/h7-10H,2-6,11-15H2,1H3,(H,21,24)(H,22,25). The summed E-state index contributed by atoms with van der Waals surface area (Å²) >= 11 is 0. The Morgan fingerprint density at radius 1 is 1.04 bits per heavy atom. The first-order valence-electron chi connectivity index (χ1n) is 9.60. The maximum atomic E-state index is 12.6. The Labute approximate surface area is 150 Å². The minimum absolute atomic E-state index is 0.122. The van der Waals surface area contributed by atoms with Crippen molar-refractivity contribution in [3.05, 3.63) is 24.3 Å². The topological polar surface area (TPSA) is 61.4 Å². The highest BCUT2D eigenvalue weighted by Crippen LogP contribution is 2.46. The van der Waals surface area contributed by atoms with Crippen molar-refractivity contribution in [2.45, 2.75) is 51.9 Å². The van der Waals surface area contributed by atoms with Crippen molar-refractivity contribution in [1.82, 2.24) is 5.32 Å². The number of carbonyl (C=O) groups is 2. The largest absolute Gasteiger partial charge is 0.372 e. The summed E-state index contributed by atoms with van der Waals surface area (Å²) in [6, 6.07) is 7.99. The van der Waals surface area contributed by atoms with Crippen LogP contribution in [0, 0.1) is 5.41 Å². The number of hydrogen-bond acceptors (Lipinski definition) is 3. The number of hydrogen-bond donors (Lipinski definition) is 2. The Balaban J connectivity index is 1.56. The van der Waals surface area contributed by atoms with Gasteiger partial charge in [0, 0.05) is 31.0 Å². The molecule has 136 valence electrons. The van der Waals surface area contributed by atoms with Crippen molar-refractivity contribution in [1.29, 1.82) is 0 Å². The lowest BCUT2D eigenvalue weighted by Crippen LogP contribution is -2.40. The highest BCUT2D eigenvalue weighted by molar-refractivity contribution is 6.13. The second-order valence-electron chi connectivity index (χ2n) is 7.24. The summed E-state index contributed by atoms with van der Waals surface area (Å²) in [5, 5.41) is 5.83. The molecule has 0 unspecified atom stereocenters. The first-order chi connectivity index (χ1) is 12.2. The third-order valence-corrected chi connectivity index (χ3v) is 5.28. The van der Waals surface area contributed by atoms with Gasteiger partial charge in [-0.1, -0.05) is 13.3 Å². The molecule has 2 amide bonds. The van der Waals surface area contributed by atoms with Gasteiger partial charge in [-0.3, -0.25) is 9.59 Å². The predicted molar refractivity (Wildman–Crippen MR) is 101 cm³/mol. The molecule has 5 nitrogen and oxygen atoms in total. The van der Waals surface area contributed by atoms with E-state index in [1.165, 1.54) is 24.9 Å². The summed E-state index contributed by atoms with van der Waals surface area (Å²) in [5.74, 6) is -0.296. The minimum atomic E-state index is -0.848. The van der Waals surface area contributed by atoms with Gasteiger partial charge in [0.2, 0.25) is 11.8 Å². The van der Waals surface area contributed by atoms with Crippen molar-refractivity contribution in [3.63, 3.8) is 0 Å². The van der Waals surface area contributed by atoms with Gasteiger partial charge in [-0.15, -0.1) is 0 Å². The van der Waals surface area contributed by atoms with E-state index in [2.05, 4.69) is 34.6 Å². The number of nitrogens with zero attached hydrogens (tertiary/aromatic N) is 1. The lowest BCUT2D eigenvalue weighted by atomic mass is 10.0. The van der Waals surface area contributed by atoms with Gasteiger partial charge in [-0.2, -0.15) is 0 Å². The van der Waals surface area contributed by atoms with Gasteiger partial charge in [0.25, 0.3) is 0 Å². The second kappa shape index (κ2) is 7.89. The van der Waals surface area contributed by atoms with E-state index in [0.717, 1.165) is 31.6 Å². The third-order valence-electron chi connectivity index (χ3n) is 5.28. The fraction of sp³-hybridized carbons (Fsp3) is 0.600. The molecule has 0 spiro atoms. The number of carbonyl (C=O) groups excluding carboxylic acids is 2. The van der Waals surface area contributed by atoms with E-state index in [4.69, 9.17) is 0 Å². The molecule has 0 radical (unpaired) electrons. The third kappa shape index (κ3) is 4.14. The zero-order chi connectivity index (χ0) is 17.7. The molecule has 0 bridgehead atoms. The van der Waals surface area contributed by atoms with E-state index in [1.807, 2.05) is 12.1 Å². The van der Waals surface area contributed by atoms with Crippen molar-refractivity contribution in [2.75, 3.05) is 29.9 Å². The van der Waals surface area contributed by atoms with Gasteiger partial charge in [0.05, 0.1) is 0 Å². The highest BCUT2D eigenvalue weighted by Gasteiger charge is 2.56. The van der Waals surface area contributed by atoms with Crippen LogP contribution < -0.4 is 15.5 Å². The number of unbranched alkanes of at least 4 members (excludes halogenated alkanes) is 1. The summed E-state index contributed by atoms with van der Waals surface area (Å²) < 4.78 is 0. The number of rotatable bonds is 7. The first-order valence-corrected chi connectivity index (χ1v) is 9.60. The summed E-state index contributed by atoms with van der Waals surface area (Å²) in [7, 11) is 0. The van der Waals surface area contributed by atoms with Crippen LogP contribution in [0.3, 0.4) is 0 Å². The molecule has 2 aliphatic rings. The van der Waals surface area contributed by atoms with Gasteiger partial charge < -0.3 is 15.5 Å². The van der Waals surface area contributed by atoms with Gasteiger partial charge in [0.15, 0.2) is 0 Å². The molecule has 3 rings (SSSR count). The Morgan fingerprint density at radius 2 is 1.72 bits per heavy atom. The Morgan fingerprint density at radius 3 is 2.32 bits per heavy atom. The smallest absolute Gasteiger partial charge is 0.240 e. The molecule has 1 saturated heterocycles. The molecule has 1 aliphatic carbocycles. The number of amides is 2. The van der Waals surface area contributed by atoms with E-state index >= 15 is 0 Å². The molecule has 1 aliphatic heterocycles. The molecule has 2 fully saturated rings. The average Bonchev–Trinajstić information content (AvgIpc) is 3.45. The molecule has 0 aromatic heterocycles. The summed E-state index contributed by atoms with van der Waals surface area (Å²) in [4.78, 5) is 27.3. The molecular weight excluding hydrogens is 314 g/mol. The normalized spacial score (nSPS) is 18.5. The summed E-state index contributed by atoms with van der Waals surface area (Å²) in [6.45, 7) is 4.94. The Bertz CT molecular complexity index is 602. The lowest BCUT2D eigenvalue weighted by Gasteiger charge is -2.28. The van der Waals surface area contributed by atoms with Gasteiger partial charge >= 0.3 is 0 Å². The van der Waals surface area contributed by atoms with Crippen molar-refractivity contribution >= 4 is 23.2 Å². The van der Waals surface area contributed by atoms with Gasteiger partial charge in [-0.25, -0.2) is 0 Å². The lowest BCUT2D eigenvalue weighted by molar-refractivity contribution is -0.134. The van der Waals surface area contributed by atoms with Crippen LogP contribution in [0.15, 0.2) is 24.3 Å². The number of anilines is 2. The second-order valence-corrected chi connectivity index (χ2v) is 7.24. The van der Waals surface area contributed by atoms with E-state index in [0.29, 0.717) is 19.4 Å². The van der Waals surface area contributed by atoms with E-state index in [1.54, 1.807) is 0 Å². The molecule has 0 atom stereocenters. The number of nitrogens with one attached hydrogen (secondary N) is 2. The van der Waals surface area contributed by atoms with Gasteiger partial charge in [0.1, 0.15) is 5.41 Å². The van der Waals surface area contributed by atoms with Crippen LogP contribution in [-0.2, 0) is 9.59 Å². The van der Waals surface area contributed by atoms with Crippen LogP contribution >= 0.6 is 0 Å². The summed E-state index contributed by atoms with van der Waals surface area (Å²) in [5.41, 5.74) is 1.12. The van der Waals surface area contributed by atoms with E-state index < -0.39 is 5.41 Å². The predicted octanol–water partition coefficient (Wildman–Crippen LogP) is 3.31. The first kappa shape index (κ1) is 17.8. The quantitative estimate of drug-likeness (QED) is 0.590. The van der Waals surface area contributed by atoms with Crippen LogP contribution in [0.25, 0.3) is 0 Å². The number of piperidine rings is 1. The van der Waals surface area contributed by atoms with Crippen LogP contribution in [-0.4, -0.2) is 31.4 Å². The molecule has 25 heavy (non-hydrogen) atoms. The minimum Gasteiger partial charge on any atom is -0.372 e. The van der Waals surface area contributed by atoms with Crippen LogP contribution in [0.5, 0.6) is 0 Å². The van der Waals surface area contributed by atoms with Crippen LogP contribution in [0.2, 0.25) is 0 Å². The molecular formula is C20H29N3O2. The maximum absolute atomic E-state index is 12.6. The molecule has 1 heterocycles. The monoisotopic (exact) mass is 343 g/mol. The summed E-state index contributed by atoms with van der Waals surface area (Å²) in [6.07, 6.45) is 7.06. The fourth-order valence-corrected chi connectivity index (χ4v) is 3.39.